The van der Waals surface area contributed by atoms with Crippen LogP contribution in [0.3, 0.4) is 0 Å². The maximum atomic E-state index is 6.06. The lowest BCUT2D eigenvalue weighted by Gasteiger charge is -2.12. The maximum absolute atomic E-state index is 6.06. The lowest BCUT2D eigenvalue weighted by atomic mass is 10.2. The molecule has 0 heterocycles. The van der Waals surface area contributed by atoms with Crippen LogP contribution in [0, 0.1) is 0 Å². The van der Waals surface area contributed by atoms with Crippen molar-refractivity contribution in [2.24, 2.45) is 0 Å². The first-order chi connectivity index (χ1) is 7.69. The van der Waals surface area contributed by atoms with Crippen molar-refractivity contribution in [3.8, 4) is 5.75 Å². The van der Waals surface area contributed by atoms with Gasteiger partial charge in [0.2, 0.25) is 0 Å². The SMILES string of the molecule is CNCc1cc(Cl)cc(Cl)c1OC/C=C/Cl. The van der Waals surface area contributed by atoms with Crippen LogP contribution < -0.4 is 10.1 Å². The van der Waals surface area contributed by atoms with Crippen LogP contribution in [0.4, 0.5) is 0 Å². The fourth-order valence-corrected chi connectivity index (χ4v) is 1.93. The Kier molecular flexibility index (Phi) is 5.99. The Morgan fingerprint density at radius 2 is 2.12 bits per heavy atom. The normalized spacial score (nSPS) is 11.0. The number of halogens is 3. The minimum atomic E-state index is 0.377. The molecular formula is C11H12Cl3NO. The highest BCUT2D eigenvalue weighted by atomic mass is 35.5. The van der Waals surface area contributed by atoms with Crippen LogP contribution in [-0.2, 0) is 6.54 Å². The number of benzene rings is 1. The van der Waals surface area contributed by atoms with E-state index in [2.05, 4.69) is 5.32 Å². The van der Waals surface area contributed by atoms with Gasteiger partial charge in [-0.1, -0.05) is 34.8 Å². The van der Waals surface area contributed by atoms with Gasteiger partial charge in [0.05, 0.1) is 5.02 Å². The maximum Gasteiger partial charge on any atom is 0.142 e. The lowest BCUT2D eigenvalue weighted by molar-refractivity contribution is 0.358. The van der Waals surface area contributed by atoms with Gasteiger partial charge in [-0.15, -0.1) is 0 Å². The van der Waals surface area contributed by atoms with Gasteiger partial charge in [-0.3, -0.25) is 0 Å². The van der Waals surface area contributed by atoms with E-state index in [-0.39, 0.29) is 0 Å². The predicted molar refractivity (Wildman–Crippen MR) is 69.7 cm³/mol. The molecule has 0 aliphatic carbocycles. The van der Waals surface area contributed by atoms with Crippen LogP contribution in [0.15, 0.2) is 23.7 Å². The highest BCUT2D eigenvalue weighted by molar-refractivity contribution is 6.35. The summed E-state index contributed by atoms with van der Waals surface area (Å²) in [5.74, 6) is 0.634. The fourth-order valence-electron chi connectivity index (χ4n) is 1.26. The Balaban J connectivity index is 2.94. The van der Waals surface area contributed by atoms with Gasteiger partial charge < -0.3 is 10.1 Å². The zero-order valence-electron chi connectivity index (χ0n) is 8.77. The monoisotopic (exact) mass is 279 g/mol. The number of nitrogens with one attached hydrogen (secondary N) is 1. The van der Waals surface area contributed by atoms with Gasteiger partial charge >= 0.3 is 0 Å². The molecule has 0 atom stereocenters. The summed E-state index contributed by atoms with van der Waals surface area (Å²) in [6.07, 6.45) is 1.69. The molecule has 2 nitrogen and oxygen atoms in total. The first-order valence-corrected chi connectivity index (χ1v) is 5.88. The molecule has 0 amide bonds. The summed E-state index contributed by atoms with van der Waals surface area (Å²) < 4.78 is 5.51. The molecule has 0 radical (unpaired) electrons. The molecular weight excluding hydrogens is 268 g/mol. The van der Waals surface area contributed by atoms with Crippen molar-refractivity contribution in [2.75, 3.05) is 13.7 Å². The standard InChI is InChI=1S/C11H12Cl3NO/c1-15-7-8-5-9(13)6-10(14)11(8)16-4-2-3-12/h2-3,5-6,15H,4,7H2,1H3/b3-2+. The summed E-state index contributed by atoms with van der Waals surface area (Å²) in [4.78, 5) is 0. The second kappa shape index (κ2) is 7.02. The molecule has 16 heavy (non-hydrogen) atoms. The second-order valence-corrected chi connectivity index (χ2v) is 4.17. The molecule has 0 spiro atoms. The molecule has 0 aliphatic heterocycles. The summed E-state index contributed by atoms with van der Waals surface area (Å²) in [5.41, 5.74) is 2.32. The number of hydrogen-bond acceptors (Lipinski definition) is 2. The van der Waals surface area contributed by atoms with Crippen LogP contribution in [0.2, 0.25) is 10.0 Å². The van der Waals surface area contributed by atoms with E-state index in [4.69, 9.17) is 39.5 Å². The minimum absolute atomic E-state index is 0.377. The third kappa shape index (κ3) is 3.87. The van der Waals surface area contributed by atoms with E-state index in [0.29, 0.717) is 28.9 Å². The van der Waals surface area contributed by atoms with Crippen LogP contribution in [0.5, 0.6) is 5.75 Å². The van der Waals surface area contributed by atoms with Crippen LogP contribution in [0.1, 0.15) is 5.56 Å². The van der Waals surface area contributed by atoms with Gasteiger partial charge in [-0.25, -0.2) is 0 Å². The average Bonchev–Trinajstić information content (AvgIpc) is 2.22. The van der Waals surface area contributed by atoms with Gasteiger partial charge in [-0.05, 0) is 25.3 Å². The summed E-state index contributed by atoms with van der Waals surface area (Å²) in [6, 6.07) is 3.48. The minimum Gasteiger partial charge on any atom is -0.488 e. The van der Waals surface area contributed by atoms with Crippen molar-refractivity contribution in [2.45, 2.75) is 6.54 Å². The molecule has 1 aromatic rings. The van der Waals surface area contributed by atoms with Crippen molar-refractivity contribution in [3.63, 3.8) is 0 Å². The largest absolute Gasteiger partial charge is 0.488 e. The second-order valence-electron chi connectivity index (χ2n) is 3.08. The Bertz CT molecular complexity index is 380. The quantitative estimate of drug-likeness (QED) is 0.885. The third-order valence-corrected chi connectivity index (χ3v) is 2.54. The molecule has 88 valence electrons. The number of hydrogen-bond donors (Lipinski definition) is 1. The van der Waals surface area contributed by atoms with E-state index in [1.165, 1.54) is 5.54 Å². The first-order valence-electron chi connectivity index (χ1n) is 4.69. The topological polar surface area (TPSA) is 21.3 Å². The molecule has 1 rings (SSSR count). The Labute approximate surface area is 110 Å². The van der Waals surface area contributed by atoms with E-state index in [1.54, 1.807) is 12.1 Å². The van der Waals surface area contributed by atoms with E-state index in [9.17, 15) is 0 Å². The number of rotatable bonds is 5. The van der Waals surface area contributed by atoms with Crippen LogP contribution >= 0.6 is 34.8 Å². The third-order valence-electron chi connectivity index (χ3n) is 1.87. The van der Waals surface area contributed by atoms with E-state index in [0.717, 1.165) is 5.56 Å². The van der Waals surface area contributed by atoms with Gasteiger partial charge in [0.15, 0.2) is 0 Å². The van der Waals surface area contributed by atoms with E-state index < -0.39 is 0 Å². The summed E-state index contributed by atoms with van der Waals surface area (Å²) >= 11 is 17.4. The number of ether oxygens (including phenoxy) is 1. The van der Waals surface area contributed by atoms with Crippen molar-refractivity contribution < 1.29 is 4.74 Å². The highest BCUT2D eigenvalue weighted by Crippen LogP contribution is 2.32. The van der Waals surface area contributed by atoms with Crippen LogP contribution in [0.25, 0.3) is 0 Å². The smallest absolute Gasteiger partial charge is 0.142 e. The molecule has 1 N–H and O–H groups in total. The molecule has 0 unspecified atom stereocenters. The van der Waals surface area contributed by atoms with Crippen molar-refractivity contribution in [1.82, 2.24) is 5.32 Å². The van der Waals surface area contributed by atoms with Crippen molar-refractivity contribution in [1.29, 1.82) is 0 Å². The van der Waals surface area contributed by atoms with Crippen molar-refractivity contribution >= 4 is 34.8 Å². The van der Waals surface area contributed by atoms with Gasteiger partial charge in [0, 0.05) is 22.7 Å². The highest BCUT2D eigenvalue weighted by Gasteiger charge is 2.09. The summed E-state index contributed by atoms with van der Waals surface area (Å²) in [6.45, 7) is 1.02. The Morgan fingerprint density at radius 3 is 2.75 bits per heavy atom. The summed E-state index contributed by atoms with van der Waals surface area (Å²) in [7, 11) is 1.84. The van der Waals surface area contributed by atoms with E-state index >= 15 is 0 Å². The summed E-state index contributed by atoms with van der Waals surface area (Å²) in [5, 5.41) is 4.12. The van der Waals surface area contributed by atoms with E-state index in [1.807, 2.05) is 13.1 Å². The van der Waals surface area contributed by atoms with Gasteiger partial charge in [0.25, 0.3) is 0 Å². The predicted octanol–water partition coefficient (Wildman–Crippen LogP) is 3.84. The molecule has 0 fully saturated rings. The zero-order chi connectivity index (χ0) is 12.0. The molecule has 5 heteroatoms. The fraction of sp³-hybridized carbons (Fsp3) is 0.273. The Hall–Kier alpha value is -0.410. The molecule has 0 aromatic heterocycles. The molecule has 0 bridgehead atoms. The van der Waals surface area contributed by atoms with Crippen molar-refractivity contribution in [3.05, 3.63) is 39.4 Å². The zero-order valence-corrected chi connectivity index (χ0v) is 11.0. The lowest BCUT2D eigenvalue weighted by Crippen LogP contribution is -2.08. The average molecular weight is 281 g/mol. The molecule has 0 saturated heterocycles. The molecule has 0 aliphatic rings. The molecule has 1 aromatic carbocycles. The van der Waals surface area contributed by atoms with Crippen LogP contribution in [-0.4, -0.2) is 13.7 Å². The Morgan fingerprint density at radius 1 is 1.38 bits per heavy atom. The van der Waals surface area contributed by atoms with Gasteiger partial charge in [-0.2, -0.15) is 0 Å². The molecule has 0 saturated carbocycles. The first kappa shape index (κ1) is 13.7. The van der Waals surface area contributed by atoms with Gasteiger partial charge in [0.1, 0.15) is 12.4 Å².